The molecule has 1 rings (SSSR count). The van der Waals surface area contributed by atoms with E-state index >= 15 is 0 Å². The van der Waals surface area contributed by atoms with Crippen molar-refractivity contribution < 1.29 is 4.74 Å². The summed E-state index contributed by atoms with van der Waals surface area (Å²) in [7, 11) is 1.76. The highest BCUT2D eigenvalue weighted by molar-refractivity contribution is 4.95. The maximum Gasteiger partial charge on any atom is 0.0589 e. The zero-order valence-corrected chi connectivity index (χ0v) is 9.75. The Morgan fingerprint density at radius 1 is 1.50 bits per heavy atom. The molecule has 0 aromatic heterocycles. The number of rotatable bonds is 5. The molecule has 1 aliphatic heterocycles. The van der Waals surface area contributed by atoms with E-state index in [0.29, 0.717) is 5.54 Å². The topological polar surface area (TPSA) is 38.5 Å². The number of hydrogen-bond donors (Lipinski definition) is 1. The van der Waals surface area contributed by atoms with Gasteiger partial charge in [-0.2, -0.15) is 0 Å². The Morgan fingerprint density at radius 3 is 2.79 bits per heavy atom. The highest BCUT2D eigenvalue weighted by Crippen LogP contribution is 2.35. The van der Waals surface area contributed by atoms with Crippen molar-refractivity contribution in [2.75, 3.05) is 33.4 Å². The molecule has 3 nitrogen and oxygen atoms in total. The summed E-state index contributed by atoms with van der Waals surface area (Å²) in [5.74, 6) is 0.754. The van der Waals surface area contributed by atoms with Crippen LogP contribution in [-0.2, 0) is 4.74 Å². The summed E-state index contributed by atoms with van der Waals surface area (Å²) in [5, 5.41) is 0. The van der Waals surface area contributed by atoms with E-state index in [1.165, 1.54) is 13.0 Å². The van der Waals surface area contributed by atoms with E-state index < -0.39 is 0 Å². The molecular weight excluding hydrogens is 176 g/mol. The summed E-state index contributed by atoms with van der Waals surface area (Å²) < 4.78 is 5.13. The third-order valence-corrected chi connectivity index (χ3v) is 3.64. The van der Waals surface area contributed by atoms with Crippen LogP contribution in [0.3, 0.4) is 0 Å². The predicted octanol–water partition coefficient (Wildman–Crippen LogP) is 1.08. The summed E-state index contributed by atoms with van der Waals surface area (Å²) in [6.45, 7) is 8.54. The predicted molar refractivity (Wildman–Crippen MR) is 59.3 cm³/mol. The highest BCUT2D eigenvalue weighted by atomic mass is 16.5. The van der Waals surface area contributed by atoms with Crippen molar-refractivity contribution >= 4 is 0 Å². The fourth-order valence-electron chi connectivity index (χ4n) is 2.51. The molecular formula is C11H24N2O. The zero-order chi connectivity index (χ0) is 10.6. The third kappa shape index (κ3) is 2.47. The molecule has 1 unspecified atom stereocenters. The molecule has 0 spiro atoms. The molecule has 0 aromatic carbocycles. The lowest BCUT2D eigenvalue weighted by molar-refractivity contribution is 0.0901. The van der Waals surface area contributed by atoms with Gasteiger partial charge in [-0.1, -0.05) is 0 Å². The summed E-state index contributed by atoms with van der Waals surface area (Å²) in [6, 6.07) is 0. The van der Waals surface area contributed by atoms with Crippen LogP contribution >= 0.6 is 0 Å². The van der Waals surface area contributed by atoms with E-state index in [0.717, 1.165) is 32.0 Å². The van der Waals surface area contributed by atoms with Crippen LogP contribution in [0.4, 0.5) is 0 Å². The average Bonchev–Trinajstić information content (AvgIpc) is 2.41. The first kappa shape index (κ1) is 12.0. The Bertz CT molecular complexity index is 171. The third-order valence-electron chi connectivity index (χ3n) is 3.64. The van der Waals surface area contributed by atoms with Crippen LogP contribution in [0.15, 0.2) is 0 Å². The second-order valence-corrected chi connectivity index (χ2v) is 4.70. The van der Waals surface area contributed by atoms with E-state index in [4.69, 9.17) is 10.5 Å². The van der Waals surface area contributed by atoms with Crippen LogP contribution in [-0.4, -0.2) is 43.8 Å². The molecule has 1 fully saturated rings. The molecule has 1 atom stereocenters. The van der Waals surface area contributed by atoms with Gasteiger partial charge in [-0.15, -0.1) is 0 Å². The number of ether oxygens (including phenoxy) is 1. The smallest absolute Gasteiger partial charge is 0.0589 e. The van der Waals surface area contributed by atoms with Gasteiger partial charge in [0, 0.05) is 19.2 Å². The number of likely N-dealkylation sites (tertiary alicyclic amines) is 1. The monoisotopic (exact) mass is 200 g/mol. The van der Waals surface area contributed by atoms with E-state index in [-0.39, 0.29) is 0 Å². The first-order valence-electron chi connectivity index (χ1n) is 5.57. The first-order chi connectivity index (χ1) is 6.62. The van der Waals surface area contributed by atoms with Crippen molar-refractivity contribution in [1.82, 2.24) is 4.90 Å². The van der Waals surface area contributed by atoms with Gasteiger partial charge < -0.3 is 10.5 Å². The lowest BCUT2D eigenvalue weighted by atomic mass is 9.86. The van der Waals surface area contributed by atoms with Crippen molar-refractivity contribution in [2.45, 2.75) is 32.2 Å². The Hall–Kier alpha value is -0.120. The summed E-state index contributed by atoms with van der Waals surface area (Å²) in [4.78, 5) is 2.52. The van der Waals surface area contributed by atoms with Gasteiger partial charge in [-0.3, -0.25) is 4.90 Å². The Kier molecular flexibility index (Phi) is 4.35. The van der Waals surface area contributed by atoms with Crippen LogP contribution < -0.4 is 5.73 Å². The van der Waals surface area contributed by atoms with Crippen LogP contribution in [0.1, 0.15) is 26.7 Å². The Balaban J connectivity index is 2.47. The molecule has 0 amide bonds. The van der Waals surface area contributed by atoms with Crippen molar-refractivity contribution in [3.05, 3.63) is 0 Å². The molecule has 1 saturated heterocycles. The number of nitrogens with two attached hydrogens (primary N) is 1. The highest BCUT2D eigenvalue weighted by Gasteiger charge is 2.39. The van der Waals surface area contributed by atoms with Gasteiger partial charge in [0.1, 0.15) is 0 Å². The Labute approximate surface area is 87.6 Å². The van der Waals surface area contributed by atoms with Crippen LogP contribution in [0.2, 0.25) is 0 Å². The van der Waals surface area contributed by atoms with Gasteiger partial charge in [-0.05, 0) is 45.7 Å². The van der Waals surface area contributed by atoms with Gasteiger partial charge in [0.2, 0.25) is 0 Å². The van der Waals surface area contributed by atoms with Crippen LogP contribution in [0, 0.1) is 5.92 Å². The lowest BCUT2D eigenvalue weighted by Crippen LogP contribution is -2.44. The molecule has 0 aromatic rings. The van der Waals surface area contributed by atoms with Gasteiger partial charge >= 0.3 is 0 Å². The summed E-state index contributed by atoms with van der Waals surface area (Å²) in [6.07, 6.45) is 2.43. The molecule has 1 heterocycles. The number of methoxy groups -OCH3 is 1. The van der Waals surface area contributed by atoms with E-state index in [1.54, 1.807) is 7.11 Å². The minimum atomic E-state index is 0.303. The maximum absolute atomic E-state index is 5.63. The summed E-state index contributed by atoms with van der Waals surface area (Å²) >= 11 is 0. The summed E-state index contributed by atoms with van der Waals surface area (Å²) in [5.41, 5.74) is 5.94. The molecule has 0 bridgehead atoms. The van der Waals surface area contributed by atoms with Crippen molar-refractivity contribution in [3.8, 4) is 0 Å². The van der Waals surface area contributed by atoms with Gasteiger partial charge in [0.15, 0.2) is 0 Å². The van der Waals surface area contributed by atoms with Crippen molar-refractivity contribution in [1.29, 1.82) is 0 Å². The Morgan fingerprint density at radius 2 is 2.21 bits per heavy atom. The minimum Gasteiger partial charge on any atom is -0.383 e. The lowest BCUT2D eigenvalue weighted by Gasteiger charge is -2.36. The largest absolute Gasteiger partial charge is 0.383 e. The van der Waals surface area contributed by atoms with Gasteiger partial charge in [0.05, 0.1) is 6.61 Å². The van der Waals surface area contributed by atoms with Crippen LogP contribution in [0.25, 0.3) is 0 Å². The standard InChI is InChI=1S/C11H24N2O/c1-11(2)10(4-6-12)5-7-13(11)8-9-14-3/h10H,4-9,12H2,1-3H3. The quantitative estimate of drug-likeness (QED) is 0.722. The molecule has 1 aliphatic rings. The maximum atomic E-state index is 5.63. The second-order valence-electron chi connectivity index (χ2n) is 4.70. The van der Waals surface area contributed by atoms with Crippen molar-refractivity contribution in [2.24, 2.45) is 11.7 Å². The number of nitrogens with zero attached hydrogens (tertiary/aromatic N) is 1. The minimum absolute atomic E-state index is 0.303. The SMILES string of the molecule is COCCN1CCC(CCN)C1(C)C. The number of hydrogen-bond acceptors (Lipinski definition) is 3. The second kappa shape index (κ2) is 5.10. The molecule has 84 valence electrons. The first-order valence-corrected chi connectivity index (χ1v) is 5.57. The molecule has 14 heavy (non-hydrogen) atoms. The molecule has 0 saturated carbocycles. The van der Waals surface area contributed by atoms with Gasteiger partial charge in [-0.25, -0.2) is 0 Å². The molecule has 3 heteroatoms. The molecule has 2 N–H and O–H groups in total. The van der Waals surface area contributed by atoms with Crippen LogP contribution in [0.5, 0.6) is 0 Å². The molecule has 0 aliphatic carbocycles. The van der Waals surface area contributed by atoms with Gasteiger partial charge in [0.25, 0.3) is 0 Å². The molecule has 0 radical (unpaired) electrons. The average molecular weight is 200 g/mol. The van der Waals surface area contributed by atoms with Crippen molar-refractivity contribution in [3.63, 3.8) is 0 Å². The normalized spacial score (nSPS) is 27.0. The van der Waals surface area contributed by atoms with E-state index in [2.05, 4.69) is 18.7 Å². The fraction of sp³-hybridized carbons (Fsp3) is 1.00. The van der Waals surface area contributed by atoms with E-state index in [9.17, 15) is 0 Å². The zero-order valence-electron chi connectivity index (χ0n) is 9.75. The van der Waals surface area contributed by atoms with E-state index in [1.807, 2.05) is 0 Å². The fourth-order valence-corrected chi connectivity index (χ4v) is 2.51.